The molecule has 1 aromatic heterocycles. The molecule has 0 fully saturated rings. The van der Waals surface area contributed by atoms with E-state index in [2.05, 4.69) is 12.0 Å². The van der Waals surface area contributed by atoms with Gasteiger partial charge < -0.3 is 9.84 Å². The number of hydrogen-bond acceptors (Lipinski definition) is 3. The van der Waals surface area contributed by atoms with Crippen molar-refractivity contribution in [3.63, 3.8) is 0 Å². The van der Waals surface area contributed by atoms with Crippen LogP contribution in [0, 0.1) is 5.82 Å². The molecule has 1 aliphatic rings. The number of aromatic nitrogens is 2. The minimum Gasteiger partial charge on any atom is -0.485 e. The first kappa shape index (κ1) is 13.1. The first-order valence-electron chi connectivity index (χ1n) is 6.84. The van der Waals surface area contributed by atoms with Crippen LogP contribution in [0.15, 0.2) is 30.6 Å². The molecule has 1 aliphatic heterocycles. The van der Waals surface area contributed by atoms with Crippen molar-refractivity contribution in [2.75, 3.05) is 0 Å². The summed E-state index contributed by atoms with van der Waals surface area (Å²) in [6.45, 7) is 2.93. The van der Waals surface area contributed by atoms with Crippen molar-refractivity contribution in [1.29, 1.82) is 0 Å². The van der Waals surface area contributed by atoms with Gasteiger partial charge in [-0.25, -0.2) is 4.39 Å². The Morgan fingerprint density at radius 3 is 3.15 bits per heavy atom. The van der Waals surface area contributed by atoms with Crippen LogP contribution in [-0.4, -0.2) is 14.9 Å². The highest BCUT2D eigenvalue weighted by molar-refractivity contribution is 5.38. The second kappa shape index (κ2) is 5.25. The summed E-state index contributed by atoms with van der Waals surface area (Å²) in [6, 6.07) is 4.23. The average molecular weight is 276 g/mol. The van der Waals surface area contributed by atoms with Gasteiger partial charge in [-0.1, -0.05) is 6.92 Å². The zero-order valence-corrected chi connectivity index (χ0v) is 11.3. The number of fused-ring (bicyclic) bond motifs is 1. The Kier molecular flexibility index (Phi) is 3.44. The number of aliphatic hydroxyl groups excluding tert-OH is 1. The third kappa shape index (κ3) is 2.41. The molecular weight excluding hydrogens is 259 g/mol. The molecule has 0 radical (unpaired) electrons. The number of halogens is 1. The van der Waals surface area contributed by atoms with E-state index in [0.717, 1.165) is 18.5 Å². The number of rotatable bonds is 3. The summed E-state index contributed by atoms with van der Waals surface area (Å²) in [7, 11) is 0. The lowest BCUT2D eigenvalue weighted by atomic mass is 9.96. The number of nitrogens with zero attached hydrogens (tertiary/aromatic N) is 2. The Labute approximate surface area is 116 Å². The average Bonchev–Trinajstić information content (AvgIpc) is 2.87. The smallest absolute Gasteiger partial charge is 0.130 e. The molecule has 0 saturated heterocycles. The summed E-state index contributed by atoms with van der Waals surface area (Å²) >= 11 is 0. The molecule has 1 aromatic carbocycles. The minimum absolute atomic E-state index is 0.287. The number of benzene rings is 1. The SMILES string of the molecule is CCCn1cc(C2C[C@H](O)c3ccc(F)cc3O2)cn1. The van der Waals surface area contributed by atoms with Gasteiger partial charge in [0.05, 0.1) is 12.3 Å². The van der Waals surface area contributed by atoms with Crippen molar-refractivity contribution in [3.8, 4) is 5.75 Å². The third-order valence-corrected chi connectivity index (χ3v) is 3.52. The molecule has 0 spiro atoms. The summed E-state index contributed by atoms with van der Waals surface area (Å²) in [4.78, 5) is 0. The molecule has 3 rings (SSSR count). The van der Waals surface area contributed by atoms with Crippen molar-refractivity contribution in [2.24, 2.45) is 0 Å². The lowest BCUT2D eigenvalue weighted by molar-refractivity contribution is 0.0653. The molecule has 20 heavy (non-hydrogen) atoms. The van der Waals surface area contributed by atoms with Crippen LogP contribution in [0.5, 0.6) is 5.75 Å². The van der Waals surface area contributed by atoms with Crippen LogP contribution in [0.1, 0.15) is 43.1 Å². The highest BCUT2D eigenvalue weighted by Crippen LogP contribution is 2.40. The van der Waals surface area contributed by atoms with Gasteiger partial charge in [-0.3, -0.25) is 4.68 Å². The molecule has 0 saturated carbocycles. The maximum absolute atomic E-state index is 13.3. The van der Waals surface area contributed by atoms with Crippen LogP contribution in [0.25, 0.3) is 0 Å². The van der Waals surface area contributed by atoms with Crippen molar-refractivity contribution < 1.29 is 14.2 Å². The van der Waals surface area contributed by atoms with Crippen molar-refractivity contribution in [3.05, 3.63) is 47.5 Å². The molecule has 2 atom stereocenters. The Morgan fingerprint density at radius 2 is 2.35 bits per heavy atom. The molecule has 0 bridgehead atoms. The molecule has 1 unspecified atom stereocenters. The van der Waals surface area contributed by atoms with E-state index in [-0.39, 0.29) is 11.9 Å². The predicted molar refractivity (Wildman–Crippen MR) is 71.9 cm³/mol. The van der Waals surface area contributed by atoms with Gasteiger partial charge in [-0.15, -0.1) is 0 Å². The van der Waals surface area contributed by atoms with Gasteiger partial charge in [0, 0.05) is 36.4 Å². The zero-order valence-electron chi connectivity index (χ0n) is 11.3. The molecule has 2 aromatic rings. The fourth-order valence-corrected chi connectivity index (χ4v) is 2.52. The normalized spacial score (nSPS) is 21.4. The molecule has 0 amide bonds. The second-order valence-electron chi connectivity index (χ2n) is 5.08. The largest absolute Gasteiger partial charge is 0.485 e. The minimum atomic E-state index is -0.640. The molecular formula is C15H17FN2O2. The van der Waals surface area contributed by atoms with Crippen molar-refractivity contribution in [2.45, 2.75) is 38.5 Å². The van der Waals surface area contributed by atoms with Crippen LogP contribution in [0.2, 0.25) is 0 Å². The van der Waals surface area contributed by atoms with Gasteiger partial charge in [-0.05, 0) is 18.6 Å². The van der Waals surface area contributed by atoms with E-state index >= 15 is 0 Å². The van der Waals surface area contributed by atoms with E-state index in [1.54, 1.807) is 12.3 Å². The highest BCUT2D eigenvalue weighted by Gasteiger charge is 2.29. The Hall–Kier alpha value is -1.88. The van der Waals surface area contributed by atoms with Crippen molar-refractivity contribution in [1.82, 2.24) is 9.78 Å². The Bertz CT molecular complexity index is 612. The Balaban J connectivity index is 1.86. The second-order valence-corrected chi connectivity index (χ2v) is 5.08. The standard InChI is InChI=1S/C15H17FN2O2/c1-2-5-18-9-10(8-17-18)14-7-13(19)12-4-3-11(16)6-15(12)20-14/h3-4,6,8-9,13-14,19H,2,5,7H2,1H3/t13-,14?/m0/s1. The Morgan fingerprint density at radius 1 is 1.50 bits per heavy atom. The molecule has 2 heterocycles. The summed E-state index contributed by atoms with van der Waals surface area (Å²) in [6.07, 6.45) is 4.20. The van der Waals surface area contributed by atoms with Gasteiger partial charge in [0.15, 0.2) is 0 Å². The lowest BCUT2D eigenvalue weighted by Gasteiger charge is -2.29. The van der Waals surface area contributed by atoms with Crippen molar-refractivity contribution >= 4 is 0 Å². The van der Waals surface area contributed by atoms with Gasteiger partial charge in [0.1, 0.15) is 17.7 Å². The first-order valence-corrected chi connectivity index (χ1v) is 6.84. The molecule has 106 valence electrons. The molecule has 1 N–H and O–H groups in total. The van der Waals surface area contributed by atoms with Gasteiger partial charge >= 0.3 is 0 Å². The van der Waals surface area contributed by atoms with E-state index in [4.69, 9.17) is 4.74 Å². The number of aliphatic hydroxyl groups is 1. The van der Waals surface area contributed by atoms with E-state index in [1.807, 2.05) is 10.9 Å². The first-order chi connectivity index (χ1) is 9.67. The van der Waals surface area contributed by atoms with E-state index in [1.165, 1.54) is 12.1 Å². The molecule has 0 aliphatic carbocycles. The predicted octanol–water partition coefficient (Wildman–Crippen LogP) is 2.99. The fraction of sp³-hybridized carbons (Fsp3) is 0.400. The third-order valence-electron chi connectivity index (χ3n) is 3.52. The maximum atomic E-state index is 13.3. The van der Waals surface area contributed by atoms with Crippen LogP contribution in [0.3, 0.4) is 0 Å². The monoisotopic (exact) mass is 276 g/mol. The van der Waals surface area contributed by atoms with E-state index < -0.39 is 6.10 Å². The highest BCUT2D eigenvalue weighted by atomic mass is 19.1. The number of aryl methyl sites for hydroxylation is 1. The van der Waals surface area contributed by atoms with Crippen LogP contribution < -0.4 is 4.74 Å². The number of ether oxygens (including phenoxy) is 1. The molecule has 4 nitrogen and oxygen atoms in total. The summed E-state index contributed by atoms with van der Waals surface area (Å²) < 4.78 is 20.9. The van der Waals surface area contributed by atoms with E-state index in [0.29, 0.717) is 17.7 Å². The van der Waals surface area contributed by atoms with E-state index in [9.17, 15) is 9.50 Å². The topological polar surface area (TPSA) is 47.3 Å². The number of hydrogen-bond donors (Lipinski definition) is 1. The quantitative estimate of drug-likeness (QED) is 0.937. The van der Waals surface area contributed by atoms with Gasteiger partial charge in [-0.2, -0.15) is 5.10 Å². The van der Waals surface area contributed by atoms with Gasteiger partial charge in [0.25, 0.3) is 0 Å². The summed E-state index contributed by atoms with van der Waals surface area (Å²) in [5.41, 5.74) is 1.55. The van der Waals surface area contributed by atoms with Crippen LogP contribution in [-0.2, 0) is 6.54 Å². The zero-order chi connectivity index (χ0) is 14.1. The fourth-order valence-electron chi connectivity index (χ4n) is 2.52. The van der Waals surface area contributed by atoms with Crippen LogP contribution in [0.4, 0.5) is 4.39 Å². The maximum Gasteiger partial charge on any atom is 0.130 e. The van der Waals surface area contributed by atoms with Gasteiger partial charge in [0.2, 0.25) is 0 Å². The summed E-state index contributed by atoms with van der Waals surface area (Å²) in [5.74, 6) is 0.0512. The molecule has 5 heteroatoms. The lowest BCUT2D eigenvalue weighted by Crippen LogP contribution is -2.18. The summed E-state index contributed by atoms with van der Waals surface area (Å²) in [5, 5.41) is 14.4. The van der Waals surface area contributed by atoms with Crippen LogP contribution >= 0.6 is 0 Å².